The quantitative estimate of drug-likeness (QED) is 0.664. The molecule has 0 fully saturated rings. The molecule has 0 radical (unpaired) electrons. The van der Waals surface area contributed by atoms with Crippen molar-refractivity contribution >= 4 is 27.8 Å². The summed E-state index contributed by atoms with van der Waals surface area (Å²) in [6, 6.07) is 7.49. The Morgan fingerprint density at radius 1 is 1.00 bits per heavy atom. The lowest BCUT2D eigenvalue weighted by atomic mass is 10.1. The lowest BCUT2D eigenvalue weighted by Gasteiger charge is -2.07. The van der Waals surface area contributed by atoms with E-state index in [0.29, 0.717) is 10.8 Å². The van der Waals surface area contributed by atoms with Gasteiger partial charge in [-0.3, -0.25) is 20.2 Å². The molecule has 92 valence electrons. The molecule has 1 N–H and O–H groups in total. The Morgan fingerprint density at radius 3 is 2.06 bits per heavy atom. The van der Waals surface area contributed by atoms with E-state index in [1.807, 2.05) is 0 Å². The Morgan fingerprint density at radius 2 is 1.56 bits per heavy atom. The van der Waals surface area contributed by atoms with Crippen LogP contribution in [0.2, 0.25) is 0 Å². The smallest absolute Gasteiger partial charge is 0.299 e. The van der Waals surface area contributed by atoms with Gasteiger partial charge in [0.1, 0.15) is 5.69 Å². The molecule has 0 aliphatic heterocycles. The third-order valence-corrected chi connectivity index (χ3v) is 2.65. The molecule has 0 bridgehead atoms. The summed E-state index contributed by atoms with van der Waals surface area (Å²) in [5, 5.41) is 25.4. The van der Waals surface area contributed by atoms with Crippen molar-refractivity contribution in [2.45, 2.75) is 0 Å². The number of benzene rings is 2. The SMILES string of the molecule is CNc1c([N+](=O)[O-])cc([N+](=O)[O-])c2ccccc12. The van der Waals surface area contributed by atoms with E-state index in [1.54, 1.807) is 31.3 Å². The molecule has 2 rings (SSSR count). The van der Waals surface area contributed by atoms with Gasteiger partial charge in [-0.25, -0.2) is 0 Å². The number of rotatable bonds is 3. The first-order valence-corrected chi connectivity index (χ1v) is 5.08. The van der Waals surface area contributed by atoms with Crippen LogP contribution in [0.5, 0.6) is 0 Å². The standard InChI is InChI=1S/C11H9N3O4/c1-12-11-8-5-3-2-4-7(8)9(13(15)16)6-10(11)14(17)18/h2-6,12H,1H3. The van der Waals surface area contributed by atoms with Gasteiger partial charge in [0.15, 0.2) is 0 Å². The summed E-state index contributed by atoms with van der Waals surface area (Å²) in [6.07, 6.45) is 0. The summed E-state index contributed by atoms with van der Waals surface area (Å²) in [5.41, 5.74) is -0.291. The van der Waals surface area contributed by atoms with Crippen LogP contribution in [-0.2, 0) is 0 Å². The minimum absolute atomic E-state index is 0.267. The molecule has 18 heavy (non-hydrogen) atoms. The largest absolute Gasteiger partial charge is 0.382 e. The van der Waals surface area contributed by atoms with Gasteiger partial charge in [-0.2, -0.15) is 0 Å². The minimum atomic E-state index is -0.634. The number of anilines is 1. The van der Waals surface area contributed by atoms with Crippen molar-refractivity contribution in [3.63, 3.8) is 0 Å². The lowest BCUT2D eigenvalue weighted by molar-refractivity contribution is -0.392. The van der Waals surface area contributed by atoms with Crippen LogP contribution in [0.25, 0.3) is 10.8 Å². The first-order chi connectivity index (χ1) is 8.56. The van der Waals surface area contributed by atoms with Crippen LogP contribution in [0.3, 0.4) is 0 Å². The first kappa shape index (κ1) is 11.8. The van der Waals surface area contributed by atoms with Gasteiger partial charge in [0, 0.05) is 12.4 Å². The maximum atomic E-state index is 11.0. The molecule has 0 spiro atoms. The number of nitro groups is 2. The van der Waals surface area contributed by atoms with Gasteiger partial charge in [0.25, 0.3) is 11.4 Å². The molecule has 0 saturated heterocycles. The van der Waals surface area contributed by atoms with E-state index in [4.69, 9.17) is 0 Å². The molecule has 0 unspecified atom stereocenters. The van der Waals surface area contributed by atoms with Crippen LogP contribution in [-0.4, -0.2) is 16.9 Å². The number of fused-ring (bicyclic) bond motifs is 1. The second-order valence-electron chi connectivity index (χ2n) is 3.60. The molecule has 0 atom stereocenters. The van der Waals surface area contributed by atoms with Crippen LogP contribution < -0.4 is 5.32 Å². The molecule has 7 nitrogen and oxygen atoms in total. The number of nitrogens with one attached hydrogen (secondary N) is 1. The minimum Gasteiger partial charge on any atom is -0.382 e. The monoisotopic (exact) mass is 247 g/mol. The number of nitrogens with zero attached hydrogens (tertiary/aromatic N) is 2. The summed E-state index contributed by atoms with van der Waals surface area (Å²) in [7, 11) is 1.54. The van der Waals surface area contributed by atoms with Crippen molar-refractivity contribution in [3.05, 3.63) is 50.6 Å². The normalized spacial score (nSPS) is 10.3. The van der Waals surface area contributed by atoms with Crippen LogP contribution in [0, 0.1) is 20.2 Å². The fourth-order valence-electron chi connectivity index (χ4n) is 1.90. The summed E-state index contributed by atoms with van der Waals surface area (Å²) >= 11 is 0. The van der Waals surface area contributed by atoms with E-state index >= 15 is 0 Å². The van der Waals surface area contributed by atoms with Crippen molar-refractivity contribution in [1.29, 1.82) is 0 Å². The Bertz CT molecular complexity index is 654. The fraction of sp³-hybridized carbons (Fsp3) is 0.0909. The van der Waals surface area contributed by atoms with E-state index in [9.17, 15) is 20.2 Å². The molecule has 0 heterocycles. The highest BCUT2D eigenvalue weighted by Crippen LogP contribution is 2.38. The number of non-ortho nitro benzene ring substituents is 1. The van der Waals surface area contributed by atoms with Gasteiger partial charge in [-0.15, -0.1) is 0 Å². The average molecular weight is 247 g/mol. The molecule has 0 amide bonds. The zero-order chi connectivity index (χ0) is 13.3. The lowest BCUT2D eigenvalue weighted by Crippen LogP contribution is -2.00. The van der Waals surface area contributed by atoms with E-state index < -0.39 is 9.85 Å². The second kappa shape index (κ2) is 4.28. The zero-order valence-electron chi connectivity index (χ0n) is 9.41. The van der Waals surface area contributed by atoms with Gasteiger partial charge >= 0.3 is 0 Å². The number of hydrogen-bond donors (Lipinski definition) is 1. The average Bonchev–Trinajstić information content (AvgIpc) is 2.36. The predicted molar refractivity (Wildman–Crippen MR) is 66.8 cm³/mol. The topological polar surface area (TPSA) is 98.3 Å². The van der Waals surface area contributed by atoms with Crippen LogP contribution in [0.4, 0.5) is 17.1 Å². The summed E-state index contributed by atoms with van der Waals surface area (Å²) in [5.74, 6) is 0. The van der Waals surface area contributed by atoms with Crippen molar-refractivity contribution in [2.75, 3.05) is 12.4 Å². The van der Waals surface area contributed by atoms with Gasteiger partial charge in [-0.05, 0) is 6.07 Å². The van der Waals surface area contributed by atoms with Gasteiger partial charge in [0.2, 0.25) is 0 Å². The molecule has 2 aromatic rings. The molecule has 0 aliphatic carbocycles. The van der Waals surface area contributed by atoms with Crippen molar-refractivity contribution in [1.82, 2.24) is 0 Å². The Kier molecular flexibility index (Phi) is 2.80. The van der Waals surface area contributed by atoms with Crippen LogP contribution in [0.1, 0.15) is 0 Å². The van der Waals surface area contributed by atoms with Crippen LogP contribution >= 0.6 is 0 Å². The van der Waals surface area contributed by atoms with Gasteiger partial charge < -0.3 is 5.32 Å². The summed E-state index contributed by atoms with van der Waals surface area (Å²) < 4.78 is 0. The van der Waals surface area contributed by atoms with E-state index in [2.05, 4.69) is 5.32 Å². The second-order valence-corrected chi connectivity index (χ2v) is 3.60. The molecule has 2 aromatic carbocycles. The molecule has 0 aliphatic rings. The molecule has 0 aromatic heterocycles. The van der Waals surface area contributed by atoms with E-state index in [0.717, 1.165) is 6.07 Å². The summed E-state index contributed by atoms with van der Waals surface area (Å²) in [6.45, 7) is 0. The van der Waals surface area contributed by atoms with E-state index in [1.165, 1.54) is 0 Å². The van der Waals surface area contributed by atoms with Crippen molar-refractivity contribution < 1.29 is 9.85 Å². The first-order valence-electron chi connectivity index (χ1n) is 5.08. The maximum Gasteiger partial charge on any atom is 0.299 e. The van der Waals surface area contributed by atoms with Gasteiger partial charge in [0.05, 0.1) is 21.3 Å². The van der Waals surface area contributed by atoms with E-state index in [-0.39, 0.29) is 17.1 Å². The Labute approximate surface area is 101 Å². The highest BCUT2D eigenvalue weighted by atomic mass is 16.6. The van der Waals surface area contributed by atoms with Crippen LogP contribution in [0.15, 0.2) is 30.3 Å². The Hall–Kier alpha value is -2.70. The molecular weight excluding hydrogens is 238 g/mol. The molecule has 0 saturated carbocycles. The number of hydrogen-bond acceptors (Lipinski definition) is 5. The maximum absolute atomic E-state index is 11.0. The fourth-order valence-corrected chi connectivity index (χ4v) is 1.90. The third-order valence-electron chi connectivity index (χ3n) is 2.65. The third kappa shape index (κ3) is 1.71. The van der Waals surface area contributed by atoms with Crippen molar-refractivity contribution in [3.8, 4) is 0 Å². The van der Waals surface area contributed by atoms with Crippen molar-refractivity contribution in [2.24, 2.45) is 0 Å². The highest BCUT2D eigenvalue weighted by molar-refractivity contribution is 6.03. The zero-order valence-corrected chi connectivity index (χ0v) is 9.41. The number of nitro benzene ring substituents is 2. The predicted octanol–water partition coefficient (Wildman–Crippen LogP) is 2.70. The van der Waals surface area contributed by atoms with Gasteiger partial charge in [-0.1, -0.05) is 18.2 Å². The molecular formula is C11H9N3O4. The Balaban J connectivity index is 2.95. The summed E-state index contributed by atoms with van der Waals surface area (Å²) in [4.78, 5) is 20.6. The molecule has 7 heteroatoms. The highest BCUT2D eigenvalue weighted by Gasteiger charge is 2.24.